The third-order valence-corrected chi connectivity index (χ3v) is 7.18. The van der Waals surface area contributed by atoms with Crippen LogP contribution in [0.4, 0.5) is 11.4 Å². The van der Waals surface area contributed by atoms with Crippen LogP contribution in [0.25, 0.3) is 0 Å². The number of carbonyl (C=O) groups excluding carboxylic acids is 3. The maximum atomic E-state index is 13.4. The molecule has 6 nitrogen and oxygen atoms in total. The molecule has 0 aliphatic rings. The lowest BCUT2D eigenvalue weighted by atomic mass is 10.1. The van der Waals surface area contributed by atoms with Crippen LogP contribution < -0.4 is 10.6 Å². The van der Waals surface area contributed by atoms with Gasteiger partial charge in [0.2, 0.25) is 5.91 Å². The molecule has 0 saturated carbocycles. The summed E-state index contributed by atoms with van der Waals surface area (Å²) >= 11 is 2.75. The van der Waals surface area contributed by atoms with E-state index < -0.39 is 11.2 Å². The second-order valence-corrected chi connectivity index (χ2v) is 9.52. The number of carbonyl (C=O) groups is 3. The lowest BCUT2D eigenvalue weighted by Gasteiger charge is -2.18. The van der Waals surface area contributed by atoms with Crippen LogP contribution in [0.2, 0.25) is 0 Å². The average Bonchev–Trinajstić information content (AvgIpc) is 3.44. The van der Waals surface area contributed by atoms with Gasteiger partial charge in [0.1, 0.15) is 5.25 Å². The molecule has 176 valence electrons. The number of hydrogen-bond donors (Lipinski definition) is 2. The molecule has 0 saturated heterocycles. The molecule has 0 aliphatic heterocycles. The van der Waals surface area contributed by atoms with Crippen LogP contribution in [0.3, 0.4) is 0 Å². The van der Waals surface area contributed by atoms with E-state index in [0.29, 0.717) is 16.3 Å². The molecule has 0 spiro atoms. The van der Waals surface area contributed by atoms with Crippen molar-refractivity contribution in [2.24, 2.45) is 0 Å². The number of thiophene rings is 1. The Hall–Kier alpha value is -3.88. The molecule has 8 heteroatoms. The SMILES string of the molecule is COC(=O)c1ccccc1NC(=O)C(Sc1ccc(NC(=O)c2cccs2)cc1)c1ccccc1. The van der Waals surface area contributed by atoms with Crippen molar-refractivity contribution >= 4 is 52.3 Å². The molecule has 1 atom stereocenters. The van der Waals surface area contributed by atoms with Gasteiger partial charge in [-0.3, -0.25) is 9.59 Å². The number of ether oxygens (including phenoxy) is 1. The number of thioether (sulfide) groups is 1. The molecule has 3 aromatic carbocycles. The normalized spacial score (nSPS) is 11.3. The fourth-order valence-corrected chi connectivity index (χ4v) is 4.98. The van der Waals surface area contributed by atoms with Crippen LogP contribution in [0.1, 0.15) is 30.8 Å². The quantitative estimate of drug-likeness (QED) is 0.219. The molecular formula is C27H22N2O4S2. The van der Waals surface area contributed by atoms with Crippen molar-refractivity contribution in [2.75, 3.05) is 17.7 Å². The molecule has 2 amide bonds. The van der Waals surface area contributed by atoms with Gasteiger partial charge in [0, 0.05) is 10.6 Å². The summed E-state index contributed by atoms with van der Waals surface area (Å²) in [5.41, 5.74) is 2.16. The zero-order valence-corrected chi connectivity index (χ0v) is 20.4. The number of hydrogen-bond acceptors (Lipinski definition) is 6. The summed E-state index contributed by atoms with van der Waals surface area (Å²) in [7, 11) is 1.30. The number of para-hydroxylation sites is 1. The first-order chi connectivity index (χ1) is 17.0. The molecule has 1 heterocycles. The third-order valence-electron chi connectivity index (χ3n) is 5.04. The number of amides is 2. The minimum Gasteiger partial charge on any atom is -0.465 e. The predicted octanol–water partition coefficient (Wildman–Crippen LogP) is 6.26. The van der Waals surface area contributed by atoms with E-state index in [1.165, 1.54) is 30.2 Å². The lowest BCUT2D eigenvalue weighted by molar-refractivity contribution is -0.115. The van der Waals surface area contributed by atoms with E-state index in [2.05, 4.69) is 10.6 Å². The Kier molecular flexibility index (Phi) is 7.97. The summed E-state index contributed by atoms with van der Waals surface area (Å²) in [5, 5.41) is 7.03. The van der Waals surface area contributed by atoms with Crippen molar-refractivity contribution in [3.63, 3.8) is 0 Å². The molecule has 0 radical (unpaired) electrons. The highest BCUT2D eigenvalue weighted by Crippen LogP contribution is 2.37. The number of esters is 1. The zero-order chi connectivity index (χ0) is 24.6. The van der Waals surface area contributed by atoms with Gasteiger partial charge in [0.15, 0.2) is 0 Å². The highest BCUT2D eigenvalue weighted by Gasteiger charge is 2.24. The van der Waals surface area contributed by atoms with E-state index in [1.54, 1.807) is 42.5 Å². The first kappa shape index (κ1) is 24.3. The summed E-state index contributed by atoms with van der Waals surface area (Å²) in [5.74, 6) is -0.955. The number of nitrogens with one attached hydrogen (secondary N) is 2. The fraction of sp³-hybridized carbons (Fsp3) is 0.0741. The molecule has 35 heavy (non-hydrogen) atoms. The van der Waals surface area contributed by atoms with Gasteiger partial charge in [-0.1, -0.05) is 48.5 Å². The van der Waals surface area contributed by atoms with Crippen LogP contribution in [-0.4, -0.2) is 24.9 Å². The van der Waals surface area contributed by atoms with Gasteiger partial charge in [-0.15, -0.1) is 23.1 Å². The van der Waals surface area contributed by atoms with E-state index in [1.807, 2.05) is 53.9 Å². The van der Waals surface area contributed by atoms with Crippen LogP contribution in [-0.2, 0) is 9.53 Å². The Morgan fingerprint density at radius 3 is 2.23 bits per heavy atom. The van der Waals surface area contributed by atoms with Crippen LogP contribution in [0.5, 0.6) is 0 Å². The van der Waals surface area contributed by atoms with Gasteiger partial charge in [-0.2, -0.15) is 0 Å². The summed E-state index contributed by atoms with van der Waals surface area (Å²) in [6, 6.07) is 27.1. The van der Waals surface area contributed by atoms with Crippen LogP contribution in [0.15, 0.2) is 101 Å². The molecule has 0 bridgehead atoms. The first-order valence-corrected chi connectivity index (χ1v) is 12.5. The molecule has 0 aliphatic carbocycles. The molecule has 2 N–H and O–H groups in total. The van der Waals surface area contributed by atoms with E-state index >= 15 is 0 Å². The molecule has 0 fully saturated rings. The number of methoxy groups -OCH3 is 1. The Bertz CT molecular complexity index is 1310. The molecule has 1 aromatic heterocycles. The van der Waals surface area contributed by atoms with Gasteiger partial charge in [-0.05, 0) is 53.4 Å². The van der Waals surface area contributed by atoms with E-state index in [9.17, 15) is 14.4 Å². The van der Waals surface area contributed by atoms with Gasteiger partial charge in [-0.25, -0.2) is 4.79 Å². The first-order valence-electron chi connectivity index (χ1n) is 10.7. The second kappa shape index (κ2) is 11.5. The van der Waals surface area contributed by atoms with Crippen molar-refractivity contribution in [2.45, 2.75) is 10.1 Å². The smallest absolute Gasteiger partial charge is 0.339 e. The summed E-state index contributed by atoms with van der Waals surface area (Å²) in [6.45, 7) is 0. The maximum absolute atomic E-state index is 13.4. The standard InChI is InChI=1S/C27H22N2O4S2/c1-33-27(32)21-10-5-6-11-22(21)29-26(31)24(18-8-3-2-4-9-18)35-20-15-13-19(14-16-20)28-25(30)23-12-7-17-34-23/h2-17,24H,1H3,(H,28,30)(H,29,31). The minimum atomic E-state index is -0.575. The third kappa shape index (κ3) is 6.17. The Labute approximate surface area is 211 Å². The summed E-state index contributed by atoms with van der Waals surface area (Å²) < 4.78 is 4.84. The van der Waals surface area contributed by atoms with Gasteiger partial charge < -0.3 is 15.4 Å². The Morgan fingerprint density at radius 1 is 0.829 bits per heavy atom. The topological polar surface area (TPSA) is 84.5 Å². The number of rotatable bonds is 8. The Morgan fingerprint density at radius 2 is 1.54 bits per heavy atom. The van der Waals surface area contributed by atoms with E-state index in [-0.39, 0.29) is 17.4 Å². The molecule has 4 rings (SSSR count). The van der Waals surface area contributed by atoms with Crippen molar-refractivity contribution in [1.29, 1.82) is 0 Å². The zero-order valence-electron chi connectivity index (χ0n) is 18.8. The van der Waals surface area contributed by atoms with Gasteiger partial charge >= 0.3 is 5.97 Å². The largest absolute Gasteiger partial charge is 0.465 e. The van der Waals surface area contributed by atoms with Gasteiger partial charge in [0.25, 0.3) is 5.91 Å². The van der Waals surface area contributed by atoms with Crippen molar-refractivity contribution in [3.8, 4) is 0 Å². The highest BCUT2D eigenvalue weighted by molar-refractivity contribution is 8.00. The average molecular weight is 503 g/mol. The Balaban J connectivity index is 1.53. The van der Waals surface area contributed by atoms with Crippen LogP contribution in [0, 0.1) is 0 Å². The van der Waals surface area contributed by atoms with Gasteiger partial charge in [0.05, 0.1) is 23.2 Å². The molecule has 1 unspecified atom stereocenters. The predicted molar refractivity (Wildman–Crippen MR) is 140 cm³/mol. The number of anilines is 2. The maximum Gasteiger partial charge on any atom is 0.339 e. The van der Waals surface area contributed by atoms with Crippen LogP contribution >= 0.6 is 23.1 Å². The van der Waals surface area contributed by atoms with Crippen molar-refractivity contribution in [1.82, 2.24) is 0 Å². The highest BCUT2D eigenvalue weighted by atomic mass is 32.2. The van der Waals surface area contributed by atoms with Crippen molar-refractivity contribution in [3.05, 3.63) is 112 Å². The molecular weight excluding hydrogens is 480 g/mol. The number of benzene rings is 3. The second-order valence-electron chi connectivity index (χ2n) is 7.39. The lowest BCUT2D eigenvalue weighted by Crippen LogP contribution is -2.20. The van der Waals surface area contributed by atoms with E-state index in [4.69, 9.17) is 4.74 Å². The molecule has 4 aromatic rings. The summed E-state index contributed by atoms with van der Waals surface area (Å²) in [6.07, 6.45) is 0. The monoisotopic (exact) mass is 502 g/mol. The summed E-state index contributed by atoms with van der Waals surface area (Å²) in [4.78, 5) is 39.3. The minimum absolute atomic E-state index is 0.161. The van der Waals surface area contributed by atoms with E-state index in [0.717, 1.165) is 10.5 Å². The van der Waals surface area contributed by atoms with Crippen molar-refractivity contribution < 1.29 is 19.1 Å². The fourth-order valence-electron chi connectivity index (χ4n) is 3.33.